The number of furan rings is 1. The average Bonchev–Trinajstić information content (AvgIpc) is 2.50. The number of rotatable bonds is 6. The Kier molecular flexibility index (Phi) is 4.85. The summed E-state index contributed by atoms with van der Waals surface area (Å²) in [6, 6.07) is 4.35. The molecule has 0 fully saturated rings. The van der Waals surface area contributed by atoms with Gasteiger partial charge in [0.05, 0.1) is 6.54 Å². The fourth-order valence-electron chi connectivity index (χ4n) is 1.60. The normalized spacial score (nSPS) is 13.4. The van der Waals surface area contributed by atoms with Gasteiger partial charge in [0.25, 0.3) is 0 Å². The van der Waals surface area contributed by atoms with Crippen LogP contribution in [0.5, 0.6) is 0 Å². The van der Waals surface area contributed by atoms with Crippen molar-refractivity contribution in [1.82, 2.24) is 4.90 Å². The van der Waals surface area contributed by atoms with Gasteiger partial charge >= 0.3 is 0 Å². The van der Waals surface area contributed by atoms with Gasteiger partial charge in [-0.3, -0.25) is 4.90 Å². The quantitative estimate of drug-likeness (QED) is 0.782. The predicted octanol–water partition coefficient (Wildman–Crippen LogP) is 2.15. The van der Waals surface area contributed by atoms with Crippen molar-refractivity contribution in [3.63, 3.8) is 0 Å². The van der Waals surface area contributed by atoms with Crippen molar-refractivity contribution in [2.45, 2.75) is 39.3 Å². The molecule has 2 N–H and O–H groups in total. The molecule has 3 heteroatoms. The highest BCUT2D eigenvalue weighted by Gasteiger charge is 2.04. The van der Waals surface area contributed by atoms with Gasteiger partial charge in [0.2, 0.25) is 0 Å². The third-order valence-electron chi connectivity index (χ3n) is 2.42. The van der Waals surface area contributed by atoms with Crippen LogP contribution in [-0.4, -0.2) is 24.5 Å². The fourth-order valence-corrected chi connectivity index (χ4v) is 1.60. The van der Waals surface area contributed by atoms with E-state index in [2.05, 4.69) is 18.9 Å². The average molecular weight is 210 g/mol. The molecule has 1 rings (SSSR count). The molecule has 1 aromatic heterocycles. The molecule has 0 saturated carbocycles. The summed E-state index contributed by atoms with van der Waals surface area (Å²) in [7, 11) is 2.11. The van der Waals surface area contributed by atoms with Crippen LogP contribution >= 0.6 is 0 Å². The van der Waals surface area contributed by atoms with Crippen molar-refractivity contribution >= 4 is 0 Å². The van der Waals surface area contributed by atoms with Crippen LogP contribution in [0.2, 0.25) is 0 Å². The standard InChI is InChI=1S/C12H22N2O/c1-10(13)5-4-8-14(3)9-12-7-6-11(2)15-12/h6-7,10H,4-5,8-9,13H2,1-3H3. The minimum Gasteiger partial charge on any atom is -0.465 e. The van der Waals surface area contributed by atoms with E-state index in [4.69, 9.17) is 10.2 Å². The van der Waals surface area contributed by atoms with E-state index in [-0.39, 0.29) is 0 Å². The summed E-state index contributed by atoms with van der Waals surface area (Å²) in [5, 5.41) is 0. The third-order valence-corrected chi connectivity index (χ3v) is 2.42. The van der Waals surface area contributed by atoms with Gasteiger partial charge < -0.3 is 10.2 Å². The van der Waals surface area contributed by atoms with Crippen molar-refractivity contribution < 1.29 is 4.42 Å². The molecule has 15 heavy (non-hydrogen) atoms. The lowest BCUT2D eigenvalue weighted by molar-refractivity contribution is 0.284. The van der Waals surface area contributed by atoms with Crippen molar-refractivity contribution in [2.75, 3.05) is 13.6 Å². The SMILES string of the molecule is Cc1ccc(CN(C)CCCC(C)N)o1. The van der Waals surface area contributed by atoms with E-state index in [9.17, 15) is 0 Å². The predicted molar refractivity (Wildman–Crippen MR) is 62.7 cm³/mol. The number of hydrogen-bond acceptors (Lipinski definition) is 3. The molecule has 1 atom stereocenters. The molecule has 0 radical (unpaired) electrons. The van der Waals surface area contributed by atoms with Crippen LogP contribution in [0.4, 0.5) is 0 Å². The topological polar surface area (TPSA) is 42.4 Å². The molecule has 1 unspecified atom stereocenters. The molecule has 3 nitrogen and oxygen atoms in total. The number of nitrogens with two attached hydrogens (primary N) is 1. The van der Waals surface area contributed by atoms with Crippen molar-refractivity contribution in [3.8, 4) is 0 Å². The third kappa shape index (κ3) is 5.00. The molecular formula is C12H22N2O. The lowest BCUT2D eigenvalue weighted by Gasteiger charge is -2.15. The van der Waals surface area contributed by atoms with E-state index >= 15 is 0 Å². The lowest BCUT2D eigenvalue weighted by Crippen LogP contribution is -2.22. The van der Waals surface area contributed by atoms with Crippen molar-refractivity contribution in [3.05, 3.63) is 23.7 Å². The van der Waals surface area contributed by atoms with E-state index in [1.165, 1.54) is 0 Å². The van der Waals surface area contributed by atoms with Gasteiger partial charge in [-0.05, 0) is 52.4 Å². The van der Waals surface area contributed by atoms with Gasteiger partial charge in [0.1, 0.15) is 11.5 Å². The van der Waals surface area contributed by atoms with Gasteiger partial charge in [-0.2, -0.15) is 0 Å². The minimum atomic E-state index is 0.309. The van der Waals surface area contributed by atoms with E-state index < -0.39 is 0 Å². The first-order valence-electron chi connectivity index (χ1n) is 5.57. The highest BCUT2D eigenvalue weighted by molar-refractivity contribution is 5.05. The molecule has 0 aliphatic heterocycles. The maximum atomic E-state index is 5.70. The fraction of sp³-hybridized carbons (Fsp3) is 0.667. The second-order valence-corrected chi connectivity index (χ2v) is 4.37. The molecule has 0 aromatic carbocycles. The zero-order valence-corrected chi connectivity index (χ0v) is 9.99. The maximum absolute atomic E-state index is 5.70. The van der Waals surface area contributed by atoms with E-state index in [0.29, 0.717) is 6.04 Å². The van der Waals surface area contributed by atoms with Crippen LogP contribution in [0.1, 0.15) is 31.3 Å². The highest BCUT2D eigenvalue weighted by atomic mass is 16.3. The molecule has 0 amide bonds. The first-order valence-corrected chi connectivity index (χ1v) is 5.57. The Balaban J connectivity index is 2.21. The zero-order valence-electron chi connectivity index (χ0n) is 9.99. The minimum absolute atomic E-state index is 0.309. The number of nitrogens with zero attached hydrogens (tertiary/aromatic N) is 1. The van der Waals surface area contributed by atoms with Crippen LogP contribution in [0.15, 0.2) is 16.5 Å². The Morgan fingerprint density at radius 2 is 2.20 bits per heavy atom. The summed E-state index contributed by atoms with van der Waals surface area (Å²) in [6.45, 7) is 5.98. The van der Waals surface area contributed by atoms with E-state index in [0.717, 1.165) is 37.5 Å². The largest absolute Gasteiger partial charge is 0.465 e. The highest BCUT2D eigenvalue weighted by Crippen LogP contribution is 2.09. The monoisotopic (exact) mass is 210 g/mol. The molecule has 0 aliphatic carbocycles. The van der Waals surface area contributed by atoms with E-state index in [1.54, 1.807) is 0 Å². The van der Waals surface area contributed by atoms with Gasteiger partial charge in [-0.25, -0.2) is 0 Å². The van der Waals surface area contributed by atoms with Gasteiger partial charge in [-0.1, -0.05) is 0 Å². The smallest absolute Gasteiger partial charge is 0.118 e. The van der Waals surface area contributed by atoms with Gasteiger partial charge in [0.15, 0.2) is 0 Å². The maximum Gasteiger partial charge on any atom is 0.118 e. The second-order valence-electron chi connectivity index (χ2n) is 4.37. The molecule has 0 spiro atoms. The first kappa shape index (κ1) is 12.3. The molecule has 0 aliphatic rings. The van der Waals surface area contributed by atoms with Gasteiger partial charge in [-0.15, -0.1) is 0 Å². The Hall–Kier alpha value is -0.800. The number of aryl methyl sites for hydroxylation is 1. The summed E-state index contributed by atoms with van der Waals surface area (Å²) in [6.07, 6.45) is 2.23. The molecule has 0 saturated heterocycles. The Morgan fingerprint density at radius 1 is 1.47 bits per heavy atom. The summed E-state index contributed by atoms with van der Waals surface area (Å²) in [5.74, 6) is 2.02. The second kappa shape index (κ2) is 5.93. The summed E-state index contributed by atoms with van der Waals surface area (Å²) < 4.78 is 5.52. The molecule has 0 bridgehead atoms. The summed E-state index contributed by atoms with van der Waals surface area (Å²) in [5.41, 5.74) is 5.70. The van der Waals surface area contributed by atoms with Crippen LogP contribution in [-0.2, 0) is 6.54 Å². The van der Waals surface area contributed by atoms with Crippen molar-refractivity contribution in [1.29, 1.82) is 0 Å². The first-order chi connectivity index (χ1) is 7.08. The molecule has 86 valence electrons. The van der Waals surface area contributed by atoms with E-state index in [1.807, 2.05) is 19.1 Å². The molecule has 1 aromatic rings. The molecule has 1 heterocycles. The summed E-state index contributed by atoms with van der Waals surface area (Å²) in [4.78, 5) is 2.26. The van der Waals surface area contributed by atoms with Gasteiger partial charge in [0, 0.05) is 6.04 Å². The van der Waals surface area contributed by atoms with Crippen LogP contribution in [0.3, 0.4) is 0 Å². The molecular weight excluding hydrogens is 188 g/mol. The number of hydrogen-bond donors (Lipinski definition) is 1. The Labute approximate surface area is 92.2 Å². The van der Waals surface area contributed by atoms with Crippen LogP contribution in [0.25, 0.3) is 0 Å². The Morgan fingerprint density at radius 3 is 2.73 bits per heavy atom. The Bertz CT molecular complexity index is 281. The van der Waals surface area contributed by atoms with Crippen LogP contribution < -0.4 is 5.73 Å². The van der Waals surface area contributed by atoms with Crippen LogP contribution in [0, 0.1) is 6.92 Å². The zero-order chi connectivity index (χ0) is 11.3. The van der Waals surface area contributed by atoms with Crippen molar-refractivity contribution in [2.24, 2.45) is 5.73 Å². The summed E-state index contributed by atoms with van der Waals surface area (Å²) >= 11 is 0. The lowest BCUT2D eigenvalue weighted by atomic mass is 10.2.